The molecular formula is C46H50FN3O8. The first kappa shape index (κ1) is 44.5. The number of para-hydroxylation sites is 2. The van der Waals surface area contributed by atoms with E-state index in [1.807, 2.05) is 84.9 Å². The summed E-state index contributed by atoms with van der Waals surface area (Å²) in [5, 5.41) is 4.49. The normalized spacial score (nSPS) is 10.5. The molecule has 58 heavy (non-hydrogen) atoms. The van der Waals surface area contributed by atoms with Gasteiger partial charge in [0.25, 0.3) is 0 Å². The SMILES string of the molecule is C.CF.NCCOCCOc1ccc(-c2cc(=O)c3ccccc3o2)cc1.O=c1cc(-c2ccc(OCCOCCNCc3ccncc3)cc2)oc2ccccc12. The van der Waals surface area contributed by atoms with Gasteiger partial charge in [0, 0.05) is 55.3 Å². The molecule has 7 aromatic rings. The highest BCUT2D eigenvalue weighted by Crippen LogP contribution is 2.25. The van der Waals surface area contributed by atoms with Gasteiger partial charge in [-0.05, 0) is 90.5 Å². The fourth-order valence-corrected chi connectivity index (χ4v) is 5.53. The number of hydrogen-bond donors (Lipinski definition) is 2. The molecule has 0 radical (unpaired) electrons. The van der Waals surface area contributed by atoms with E-state index in [0.717, 1.165) is 35.7 Å². The fourth-order valence-electron chi connectivity index (χ4n) is 5.53. The summed E-state index contributed by atoms with van der Waals surface area (Å²) >= 11 is 0. The van der Waals surface area contributed by atoms with E-state index < -0.39 is 0 Å². The Morgan fingerprint density at radius 3 is 1.55 bits per heavy atom. The van der Waals surface area contributed by atoms with Crippen LogP contribution in [0.5, 0.6) is 11.5 Å². The van der Waals surface area contributed by atoms with Crippen LogP contribution in [-0.4, -0.2) is 64.9 Å². The zero-order chi connectivity index (χ0) is 40.1. The van der Waals surface area contributed by atoms with E-state index in [2.05, 4.69) is 10.3 Å². The highest BCUT2D eigenvalue weighted by molar-refractivity contribution is 5.79. The summed E-state index contributed by atoms with van der Waals surface area (Å²) in [4.78, 5) is 28.4. The number of nitrogens with zero attached hydrogens (tertiary/aromatic N) is 1. The van der Waals surface area contributed by atoms with E-state index in [9.17, 15) is 14.0 Å². The Balaban J connectivity index is 0.000000249. The molecule has 0 spiro atoms. The predicted molar refractivity (Wildman–Crippen MR) is 227 cm³/mol. The van der Waals surface area contributed by atoms with Gasteiger partial charge in [-0.15, -0.1) is 0 Å². The number of fused-ring (bicyclic) bond motifs is 2. The Labute approximate surface area is 337 Å². The molecule has 12 heteroatoms. The molecular weight excluding hydrogens is 742 g/mol. The second kappa shape index (κ2) is 24.5. The minimum atomic E-state index is -0.0516. The molecule has 11 nitrogen and oxygen atoms in total. The van der Waals surface area contributed by atoms with Gasteiger partial charge in [-0.25, -0.2) is 0 Å². The third kappa shape index (κ3) is 13.5. The lowest BCUT2D eigenvalue weighted by Crippen LogP contribution is -2.20. The van der Waals surface area contributed by atoms with Gasteiger partial charge in [-0.1, -0.05) is 31.7 Å². The van der Waals surface area contributed by atoms with E-state index in [4.69, 9.17) is 33.5 Å². The number of alkyl halides is 1. The Hall–Kier alpha value is -6.18. The molecule has 304 valence electrons. The molecule has 0 unspecified atom stereocenters. The lowest BCUT2D eigenvalue weighted by atomic mass is 10.1. The van der Waals surface area contributed by atoms with Crippen molar-refractivity contribution in [3.63, 3.8) is 0 Å². The Kier molecular flexibility index (Phi) is 18.8. The molecule has 0 amide bonds. The first-order valence-corrected chi connectivity index (χ1v) is 18.4. The second-order valence-electron chi connectivity index (χ2n) is 12.2. The van der Waals surface area contributed by atoms with Gasteiger partial charge in [0.05, 0.1) is 44.4 Å². The minimum Gasteiger partial charge on any atom is -0.491 e. The summed E-state index contributed by atoms with van der Waals surface area (Å²) in [5.41, 5.74) is 9.25. The molecule has 0 aliphatic carbocycles. The monoisotopic (exact) mass is 791 g/mol. The van der Waals surface area contributed by atoms with E-state index in [1.165, 1.54) is 17.7 Å². The molecule has 4 aromatic carbocycles. The Morgan fingerprint density at radius 1 is 0.603 bits per heavy atom. The quantitative estimate of drug-likeness (QED) is 0.0863. The maximum absolute atomic E-state index is 12.3. The zero-order valence-corrected chi connectivity index (χ0v) is 31.7. The molecule has 0 fully saturated rings. The van der Waals surface area contributed by atoms with Crippen LogP contribution in [0.3, 0.4) is 0 Å². The summed E-state index contributed by atoms with van der Waals surface area (Å²) in [6, 6.07) is 36.4. The van der Waals surface area contributed by atoms with Crippen molar-refractivity contribution in [2.75, 3.05) is 59.9 Å². The molecule has 3 aromatic heterocycles. The summed E-state index contributed by atoms with van der Waals surface area (Å²) in [7, 11) is 0.500. The van der Waals surface area contributed by atoms with Crippen molar-refractivity contribution in [3.05, 3.63) is 160 Å². The minimum absolute atomic E-state index is 0. The Morgan fingerprint density at radius 2 is 1.07 bits per heavy atom. The number of halogens is 1. The molecule has 3 N–H and O–H groups in total. The van der Waals surface area contributed by atoms with Crippen molar-refractivity contribution in [3.8, 4) is 34.1 Å². The molecule has 3 heterocycles. The van der Waals surface area contributed by atoms with Crippen LogP contribution in [0.2, 0.25) is 0 Å². The lowest BCUT2D eigenvalue weighted by molar-refractivity contribution is 0.102. The van der Waals surface area contributed by atoms with E-state index in [0.29, 0.717) is 86.8 Å². The van der Waals surface area contributed by atoms with Crippen LogP contribution in [-0.2, 0) is 16.0 Å². The van der Waals surface area contributed by atoms with Crippen LogP contribution in [0.25, 0.3) is 44.6 Å². The van der Waals surface area contributed by atoms with Crippen molar-refractivity contribution < 1.29 is 32.2 Å². The van der Waals surface area contributed by atoms with Crippen LogP contribution >= 0.6 is 0 Å². The smallest absolute Gasteiger partial charge is 0.193 e. The standard InChI is InChI=1S/C25H24N2O4.C19H19NO4.CH3F.CH4/c28-23-17-25(31-24-4-2-1-3-22(23)24)20-5-7-21(8-6-20)30-16-15-29-14-13-27-18-19-9-11-26-12-10-19;20-9-10-22-11-12-23-15-7-5-14(6-8-15)19-13-17(21)16-3-1-2-4-18(16)24-19;1-2;/h1-12,17,27H,13-16,18H2;1-8,13H,9-12,20H2;1H3;1H4. The zero-order valence-electron chi connectivity index (χ0n) is 31.7. The van der Waals surface area contributed by atoms with Gasteiger partial charge < -0.3 is 38.8 Å². The van der Waals surface area contributed by atoms with Gasteiger partial charge in [0.2, 0.25) is 0 Å². The molecule has 0 atom stereocenters. The van der Waals surface area contributed by atoms with Crippen LogP contribution in [0.1, 0.15) is 13.0 Å². The number of nitrogens with one attached hydrogen (secondary N) is 1. The van der Waals surface area contributed by atoms with E-state index in [1.54, 1.807) is 36.7 Å². The maximum atomic E-state index is 12.3. The largest absolute Gasteiger partial charge is 0.491 e. The van der Waals surface area contributed by atoms with Crippen LogP contribution in [0.15, 0.2) is 152 Å². The van der Waals surface area contributed by atoms with Crippen molar-refractivity contribution in [1.29, 1.82) is 0 Å². The number of rotatable bonds is 17. The van der Waals surface area contributed by atoms with Gasteiger partial charge in [0.15, 0.2) is 10.9 Å². The predicted octanol–water partition coefficient (Wildman–Crippen LogP) is 8.08. The van der Waals surface area contributed by atoms with E-state index in [-0.39, 0.29) is 18.3 Å². The number of nitrogens with two attached hydrogens (primary N) is 1. The highest BCUT2D eigenvalue weighted by Gasteiger charge is 2.08. The summed E-state index contributed by atoms with van der Waals surface area (Å²) in [6.45, 7) is 5.17. The van der Waals surface area contributed by atoms with Crippen LogP contribution in [0.4, 0.5) is 4.39 Å². The molecule has 0 saturated carbocycles. The van der Waals surface area contributed by atoms with Crippen LogP contribution < -0.4 is 31.4 Å². The molecule has 0 bridgehead atoms. The fraction of sp³-hybridized carbons (Fsp3) is 0.239. The molecule has 0 saturated heterocycles. The summed E-state index contributed by atoms with van der Waals surface area (Å²) in [6.07, 6.45) is 3.57. The number of aromatic nitrogens is 1. The third-order valence-corrected chi connectivity index (χ3v) is 8.30. The van der Waals surface area contributed by atoms with Crippen molar-refractivity contribution >= 4 is 21.9 Å². The number of benzene rings is 4. The molecule has 0 aliphatic heterocycles. The van der Waals surface area contributed by atoms with Crippen LogP contribution in [0, 0.1) is 0 Å². The van der Waals surface area contributed by atoms with Crippen molar-refractivity contribution in [1.82, 2.24) is 10.3 Å². The Bertz CT molecular complexity index is 2350. The van der Waals surface area contributed by atoms with Gasteiger partial charge >= 0.3 is 0 Å². The van der Waals surface area contributed by atoms with Gasteiger partial charge in [-0.2, -0.15) is 0 Å². The maximum Gasteiger partial charge on any atom is 0.193 e. The number of hydrogen-bond acceptors (Lipinski definition) is 11. The lowest BCUT2D eigenvalue weighted by Gasteiger charge is -2.09. The summed E-state index contributed by atoms with van der Waals surface area (Å²) in [5.74, 6) is 2.55. The number of pyridine rings is 1. The number of ether oxygens (including phenoxy) is 4. The highest BCUT2D eigenvalue weighted by atomic mass is 19.1. The van der Waals surface area contributed by atoms with Gasteiger partial charge in [0.1, 0.15) is 47.4 Å². The second-order valence-corrected chi connectivity index (χ2v) is 12.2. The first-order chi connectivity index (χ1) is 28.1. The summed E-state index contributed by atoms with van der Waals surface area (Å²) < 4.78 is 43.3. The first-order valence-electron chi connectivity index (χ1n) is 18.4. The van der Waals surface area contributed by atoms with E-state index >= 15 is 0 Å². The molecule has 7 rings (SSSR count). The molecule has 0 aliphatic rings. The van der Waals surface area contributed by atoms with Crippen molar-refractivity contribution in [2.24, 2.45) is 5.73 Å². The third-order valence-electron chi connectivity index (χ3n) is 8.30. The average Bonchev–Trinajstić information content (AvgIpc) is 3.26. The van der Waals surface area contributed by atoms with Crippen molar-refractivity contribution in [2.45, 2.75) is 14.0 Å². The average molecular weight is 792 g/mol. The topological polar surface area (TPSA) is 148 Å². The van der Waals surface area contributed by atoms with Gasteiger partial charge in [-0.3, -0.25) is 19.0 Å².